The van der Waals surface area contributed by atoms with E-state index in [2.05, 4.69) is 20.9 Å². The number of carbonyl (C=O) groups excluding carboxylic acids is 1. The van der Waals surface area contributed by atoms with Gasteiger partial charge in [-0.15, -0.1) is 0 Å². The third-order valence-corrected chi connectivity index (χ3v) is 2.61. The second kappa shape index (κ2) is 3.49. The molecule has 0 radical (unpaired) electrons. The molecule has 2 nitrogen and oxygen atoms in total. The Hall–Kier alpha value is -0.480. The van der Waals surface area contributed by atoms with Crippen molar-refractivity contribution < 1.29 is 9.18 Å². The van der Waals surface area contributed by atoms with Gasteiger partial charge in [-0.1, -0.05) is 11.6 Å². The predicted octanol–water partition coefficient (Wildman–Crippen LogP) is 2.76. The molecular formula is C7H4BrClFNO. The Morgan fingerprint density at radius 2 is 2.25 bits per heavy atom. The van der Waals surface area contributed by atoms with Gasteiger partial charge in [0, 0.05) is 0 Å². The van der Waals surface area contributed by atoms with Crippen LogP contribution >= 0.6 is 27.5 Å². The summed E-state index contributed by atoms with van der Waals surface area (Å²) in [6.07, 6.45) is 0.403. The number of hydrogen-bond acceptors (Lipinski definition) is 2. The number of pyridine rings is 1. The van der Waals surface area contributed by atoms with Gasteiger partial charge >= 0.3 is 0 Å². The summed E-state index contributed by atoms with van der Waals surface area (Å²) in [5, 5.41) is -0.280. The smallest absolute Gasteiger partial charge is 0.172 e. The number of halogens is 3. The number of aryl methyl sites for hydroxylation is 1. The predicted molar refractivity (Wildman–Crippen MR) is 47.0 cm³/mol. The highest BCUT2D eigenvalue weighted by Crippen LogP contribution is 2.25. The summed E-state index contributed by atoms with van der Waals surface area (Å²) in [7, 11) is 0. The van der Waals surface area contributed by atoms with Gasteiger partial charge in [-0.2, -0.15) is 0 Å². The number of aldehydes is 1. The molecule has 12 heavy (non-hydrogen) atoms. The quantitative estimate of drug-likeness (QED) is 0.568. The molecule has 0 aromatic carbocycles. The Morgan fingerprint density at radius 1 is 1.67 bits per heavy atom. The molecule has 0 saturated carbocycles. The Balaban J connectivity index is 3.52. The van der Waals surface area contributed by atoms with Gasteiger partial charge in [0.05, 0.1) is 15.7 Å². The lowest BCUT2D eigenvalue weighted by Crippen LogP contribution is -1.97. The molecule has 1 aromatic rings. The topological polar surface area (TPSA) is 30.0 Å². The minimum absolute atomic E-state index is 0.0903. The van der Waals surface area contributed by atoms with Gasteiger partial charge < -0.3 is 0 Å². The maximum absolute atomic E-state index is 13.0. The van der Waals surface area contributed by atoms with E-state index in [-0.39, 0.29) is 10.7 Å². The molecule has 0 N–H and O–H groups in total. The summed E-state index contributed by atoms with van der Waals surface area (Å²) < 4.78 is 13.3. The van der Waals surface area contributed by atoms with Crippen LogP contribution in [-0.4, -0.2) is 11.3 Å². The minimum Gasteiger partial charge on any atom is -0.298 e. The SMILES string of the molecule is Cc1nc(Cl)c(F)c(C=O)c1Br. The fourth-order valence-corrected chi connectivity index (χ4v) is 1.34. The number of nitrogens with zero attached hydrogens (tertiary/aromatic N) is 1. The van der Waals surface area contributed by atoms with E-state index in [0.29, 0.717) is 16.5 Å². The van der Waals surface area contributed by atoms with Crippen molar-refractivity contribution in [1.29, 1.82) is 0 Å². The van der Waals surface area contributed by atoms with Crippen molar-refractivity contribution in [3.63, 3.8) is 0 Å². The summed E-state index contributed by atoms with van der Waals surface area (Å²) in [6.45, 7) is 1.63. The van der Waals surface area contributed by atoms with Crippen LogP contribution in [0.2, 0.25) is 5.15 Å². The van der Waals surface area contributed by atoms with Crippen LogP contribution in [0.1, 0.15) is 16.1 Å². The summed E-state index contributed by atoms with van der Waals surface area (Å²) in [5.41, 5.74) is 0.399. The van der Waals surface area contributed by atoms with Crippen LogP contribution in [0.5, 0.6) is 0 Å². The average Bonchev–Trinajstić information content (AvgIpc) is 2.02. The van der Waals surface area contributed by atoms with Crippen LogP contribution in [-0.2, 0) is 0 Å². The Kier molecular flexibility index (Phi) is 2.80. The lowest BCUT2D eigenvalue weighted by molar-refractivity contribution is 0.111. The Labute approximate surface area is 81.9 Å². The van der Waals surface area contributed by atoms with E-state index >= 15 is 0 Å². The number of rotatable bonds is 1. The maximum Gasteiger partial charge on any atom is 0.172 e. The zero-order chi connectivity index (χ0) is 9.30. The van der Waals surface area contributed by atoms with Gasteiger partial charge in [0.15, 0.2) is 17.3 Å². The molecule has 1 rings (SSSR count). The normalized spacial score (nSPS) is 10.0. The lowest BCUT2D eigenvalue weighted by Gasteiger charge is -2.02. The van der Waals surface area contributed by atoms with E-state index < -0.39 is 5.82 Å². The van der Waals surface area contributed by atoms with Gasteiger partial charge in [0.1, 0.15) is 0 Å². The Bertz CT molecular complexity index is 316. The highest BCUT2D eigenvalue weighted by molar-refractivity contribution is 9.10. The summed E-state index contributed by atoms with van der Waals surface area (Å²) >= 11 is 8.44. The van der Waals surface area contributed by atoms with Crippen molar-refractivity contribution in [3.05, 3.63) is 26.7 Å². The van der Waals surface area contributed by atoms with E-state index in [4.69, 9.17) is 11.6 Å². The number of hydrogen-bond donors (Lipinski definition) is 0. The first-order valence-corrected chi connectivity index (χ1v) is 4.21. The van der Waals surface area contributed by atoms with Crippen LogP contribution in [0.3, 0.4) is 0 Å². The Morgan fingerprint density at radius 3 is 2.75 bits per heavy atom. The molecule has 0 fully saturated rings. The van der Waals surface area contributed by atoms with Crippen molar-refractivity contribution in [1.82, 2.24) is 4.98 Å². The van der Waals surface area contributed by atoms with Crippen molar-refractivity contribution in [2.75, 3.05) is 0 Å². The molecular weight excluding hydrogens is 248 g/mol. The molecule has 0 aliphatic carbocycles. The zero-order valence-electron chi connectivity index (χ0n) is 6.07. The zero-order valence-corrected chi connectivity index (χ0v) is 8.41. The van der Waals surface area contributed by atoms with Crippen molar-refractivity contribution in [3.8, 4) is 0 Å². The lowest BCUT2D eigenvalue weighted by atomic mass is 10.2. The summed E-state index contributed by atoms with van der Waals surface area (Å²) in [4.78, 5) is 14.1. The second-order valence-electron chi connectivity index (χ2n) is 2.15. The molecule has 0 aliphatic heterocycles. The molecule has 1 aromatic heterocycles. The van der Waals surface area contributed by atoms with Crippen LogP contribution in [0.4, 0.5) is 4.39 Å². The van der Waals surface area contributed by atoms with Crippen LogP contribution in [0.15, 0.2) is 4.47 Å². The summed E-state index contributed by atoms with van der Waals surface area (Å²) in [5.74, 6) is -0.788. The van der Waals surface area contributed by atoms with E-state index in [0.717, 1.165) is 0 Å². The van der Waals surface area contributed by atoms with Crippen LogP contribution < -0.4 is 0 Å². The van der Waals surface area contributed by atoms with Gasteiger partial charge in [-0.05, 0) is 22.9 Å². The van der Waals surface area contributed by atoms with Crippen LogP contribution in [0, 0.1) is 12.7 Å². The third-order valence-electron chi connectivity index (χ3n) is 1.36. The first kappa shape index (κ1) is 9.61. The second-order valence-corrected chi connectivity index (χ2v) is 3.30. The first-order chi connectivity index (χ1) is 5.57. The van der Waals surface area contributed by atoms with E-state index in [1.54, 1.807) is 6.92 Å². The van der Waals surface area contributed by atoms with Crippen LogP contribution in [0.25, 0.3) is 0 Å². The van der Waals surface area contributed by atoms with Gasteiger partial charge in [0.2, 0.25) is 0 Å². The highest BCUT2D eigenvalue weighted by Gasteiger charge is 2.13. The molecule has 64 valence electrons. The van der Waals surface area contributed by atoms with Crippen molar-refractivity contribution >= 4 is 33.8 Å². The van der Waals surface area contributed by atoms with E-state index in [1.807, 2.05) is 0 Å². The van der Waals surface area contributed by atoms with Gasteiger partial charge in [-0.3, -0.25) is 4.79 Å². The first-order valence-electron chi connectivity index (χ1n) is 3.04. The molecule has 5 heteroatoms. The molecule has 0 amide bonds. The van der Waals surface area contributed by atoms with Gasteiger partial charge in [0.25, 0.3) is 0 Å². The molecule has 1 heterocycles. The van der Waals surface area contributed by atoms with Crippen molar-refractivity contribution in [2.45, 2.75) is 6.92 Å². The third kappa shape index (κ3) is 1.49. The number of aromatic nitrogens is 1. The average molecular weight is 252 g/mol. The fourth-order valence-electron chi connectivity index (χ4n) is 0.751. The number of carbonyl (C=O) groups is 1. The van der Waals surface area contributed by atoms with Crippen molar-refractivity contribution in [2.24, 2.45) is 0 Å². The molecule has 0 unspecified atom stereocenters. The highest BCUT2D eigenvalue weighted by atomic mass is 79.9. The largest absolute Gasteiger partial charge is 0.298 e. The molecule has 0 atom stereocenters. The molecule has 0 spiro atoms. The van der Waals surface area contributed by atoms with Gasteiger partial charge in [-0.25, -0.2) is 9.37 Å². The minimum atomic E-state index is -0.788. The molecule has 0 aliphatic rings. The van der Waals surface area contributed by atoms with E-state index in [9.17, 15) is 9.18 Å². The fraction of sp³-hybridized carbons (Fsp3) is 0.143. The summed E-state index contributed by atoms with van der Waals surface area (Å²) in [6, 6.07) is 0. The molecule has 0 bridgehead atoms. The monoisotopic (exact) mass is 251 g/mol. The standard InChI is InChI=1S/C7H4BrClFNO/c1-3-5(8)4(2-12)6(10)7(9)11-3/h2H,1H3. The maximum atomic E-state index is 13.0. The van der Waals surface area contributed by atoms with E-state index in [1.165, 1.54) is 0 Å². The molecule has 0 saturated heterocycles.